The second-order valence-corrected chi connectivity index (χ2v) is 4.81. The molecular formula is C11H14Cl2N2O2. The fourth-order valence-corrected chi connectivity index (χ4v) is 2.16. The predicted molar refractivity (Wildman–Crippen MR) is 70.0 cm³/mol. The number of halogens is 2. The zero-order valence-corrected chi connectivity index (χ0v) is 11.3. The lowest BCUT2D eigenvalue weighted by Crippen LogP contribution is -2.13. The first-order valence-electron chi connectivity index (χ1n) is 5.19. The van der Waals surface area contributed by atoms with Crippen molar-refractivity contribution in [3.8, 4) is 0 Å². The van der Waals surface area contributed by atoms with E-state index in [-0.39, 0.29) is 10.7 Å². The van der Waals surface area contributed by atoms with E-state index in [1.165, 1.54) is 12.1 Å². The molecule has 0 radical (unpaired) electrons. The second kappa shape index (κ2) is 6.19. The van der Waals surface area contributed by atoms with E-state index in [2.05, 4.69) is 0 Å². The molecule has 0 bridgehead atoms. The number of rotatable bonds is 5. The molecule has 0 amide bonds. The highest BCUT2D eigenvalue weighted by molar-refractivity contribution is 6.37. The van der Waals surface area contributed by atoms with E-state index in [1.807, 2.05) is 19.0 Å². The van der Waals surface area contributed by atoms with Gasteiger partial charge in [-0.1, -0.05) is 23.2 Å². The molecule has 0 unspecified atom stereocenters. The van der Waals surface area contributed by atoms with Gasteiger partial charge in [0.1, 0.15) is 5.02 Å². The Morgan fingerprint density at radius 3 is 2.53 bits per heavy atom. The van der Waals surface area contributed by atoms with Gasteiger partial charge in [-0.3, -0.25) is 10.1 Å². The molecule has 0 fully saturated rings. The second-order valence-electron chi connectivity index (χ2n) is 4.02. The first kappa shape index (κ1) is 14.2. The van der Waals surface area contributed by atoms with Crippen LogP contribution in [0.25, 0.3) is 0 Å². The number of hydrogen-bond acceptors (Lipinski definition) is 3. The molecule has 0 saturated carbocycles. The maximum atomic E-state index is 10.7. The molecular weight excluding hydrogens is 263 g/mol. The lowest BCUT2D eigenvalue weighted by Gasteiger charge is -2.11. The van der Waals surface area contributed by atoms with Crippen molar-refractivity contribution in [2.75, 3.05) is 20.6 Å². The molecule has 94 valence electrons. The Bertz CT molecular complexity index is 422. The van der Waals surface area contributed by atoms with Crippen LogP contribution in [0.2, 0.25) is 10.0 Å². The molecule has 0 heterocycles. The predicted octanol–water partition coefficient (Wildman–Crippen LogP) is 3.40. The summed E-state index contributed by atoms with van der Waals surface area (Å²) in [5, 5.41) is 11.4. The molecule has 4 nitrogen and oxygen atoms in total. The van der Waals surface area contributed by atoms with E-state index in [4.69, 9.17) is 23.2 Å². The van der Waals surface area contributed by atoms with Gasteiger partial charge in [-0.15, -0.1) is 0 Å². The maximum Gasteiger partial charge on any atom is 0.288 e. The van der Waals surface area contributed by atoms with Gasteiger partial charge in [0.2, 0.25) is 0 Å². The van der Waals surface area contributed by atoms with Gasteiger partial charge in [0.15, 0.2) is 0 Å². The molecule has 6 heteroatoms. The summed E-state index contributed by atoms with van der Waals surface area (Å²) >= 11 is 12.0. The van der Waals surface area contributed by atoms with Crippen molar-refractivity contribution >= 4 is 28.9 Å². The van der Waals surface area contributed by atoms with Crippen molar-refractivity contribution in [3.05, 3.63) is 37.9 Å². The zero-order valence-electron chi connectivity index (χ0n) is 9.74. The van der Waals surface area contributed by atoms with Crippen LogP contribution in [-0.4, -0.2) is 30.5 Å². The topological polar surface area (TPSA) is 46.4 Å². The monoisotopic (exact) mass is 276 g/mol. The molecule has 0 aliphatic carbocycles. The molecule has 0 N–H and O–H groups in total. The summed E-state index contributed by atoms with van der Waals surface area (Å²) in [7, 11) is 3.94. The van der Waals surface area contributed by atoms with Crippen LogP contribution >= 0.6 is 23.2 Å². The minimum Gasteiger partial charge on any atom is -0.309 e. The molecule has 0 saturated heterocycles. The van der Waals surface area contributed by atoms with Gasteiger partial charge in [-0.25, -0.2) is 0 Å². The van der Waals surface area contributed by atoms with Crippen molar-refractivity contribution in [3.63, 3.8) is 0 Å². The Morgan fingerprint density at radius 1 is 1.35 bits per heavy atom. The Hall–Kier alpha value is -0.840. The van der Waals surface area contributed by atoms with Gasteiger partial charge >= 0.3 is 0 Å². The molecule has 1 aromatic rings. The van der Waals surface area contributed by atoms with Crippen molar-refractivity contribution < 1.29 is 4.92 Å². The van der Waals surface area contributed by atoms with Gasteiger partial charge in [-0.05, 0) is 45.1 Å². The van der Waals surface area contributed by atoms with Crippen LogP contribution in [0, 0.1) is 10.1 Å². The number of benzene rings is 1. The number of hydrogen-bond donors (Lipinski definition) is 0. The van der Waals surface area contributed by atoms with Crippen molar-refractivity contribution in [2.45, 2.75) is 12.8 Å². The van der Waals surface area contributed by atoms with Gasteiger partial charge in [0.25, 0.3) is 5.69 Å². The third-order valence-electron chi connectivity index (χ3n) is 2.39. The minimum atomic E-state index is -0.492. The maximum absolute atomic E-state index is 10.7. The Balaban J connectivity index is 2.90. The fraction of sp³-hybridized carbons (Fsp3) is 0.455. The Morgan fingerprint density at radius 2 is 2.00 bits per heavy atom. The van der Waals surface area contributed by atoms with Crippen LogP contribution in [0.4, 0.5) is 5.69 Å². The van der Waals surface area contributed by atoms with E-state index in [1.54, 1.807) is 0 Å². The average Bonchev–Trinajstić information content (AvgIpc) is 2.21. The number of nitro benzene ring substituents is 1. The molecule has 0 spiro atoms. The highest BCUT2D eigenvalue weighted by Crippen LogP contribution is 2.33. The summed E-state index contributed by atoms with van der Waals surface area (Å²) in [5.74, 6) is 0. The largest absolute Gasteiger partial charge is 0.309 e. The van der Waals surface area contributed by atoms with Crippen LogP contribution in [0.15, 0.2) is 12.1 Å². The Labute approximate surface area is 110 Å². The molecule has 0 aliphatic rings. The number of nitrogens with zero attached hydrogens (tertiary/aromatic N) is 2. The van der Waals surface area contributed by atoms with E-state index >= 15 is 0 Å². The lowest BCUT2D eigenvalue weighted by molar-refractivity contribution is -0.384. The molecule has 0 aliphatic heterocycles. The first-order valence-corrected chi connectivity index (χ1v) is 5.95. The van der Waals surface area contributed by atoms with Crippen LogP contribution in [0.5, 0.6) is 0 Å². The van der Waals surface area contributed by atoms with E-state index in [0.717, 1.165) is 13.0 Å². The van der Waals surface area contributed by atoms with E-state index in [9.17, 15) is 10.1 Å². The minimum absolute atomic E-state index is 0.0871. The lowest BCUT2D eigenvalue weighted by atomic mass is 10.1. The fourth-order valence-electron chi connectivity index (χ4n) is 1.53. The summed E-state index contributed by atoms with van der Waals surface area (Å²) in [6, 6.07) is 2.86. The molecule has 17 heavy (non-hydrogen) atoms. The molecule has 0 atom stereocenters. The summed E-state index contributed by atoms with van der Waals surface area (Å²) < 4.78 is 0. The molecule has 1 rings (SSSR count). The van der Waals surface area contributed by atoms with Crippen LogP contribution < -0.4 is 0 Å². The third kappa shape index (κ3) is 3.84. The zero-order chi connectivity index (χ0) is 13.0. The highest BCUT2D eigenvalue weighted by Gasteiger charge is 2.18. The van der Waals surface area contributed by atoms with E-state index in [0.29, 0.717) is 17.0 Å². The summed E-state index contributed by atoms with van der Waals surface area (Å²) in [6.07, 6.45) is 1.49. The quantitative estimate of drug-likeness (QED) is 0.612. The third-order valence-corrected chi connectivity index (χ3v) is 3.17. The summed E-state index contributed by atoms with van der Waals surface area (Å²) in [5.41, 5.74) is 0.570. The number of nitro groups is 1. The average molecular weight is 277 g/mol. The van der Waals surface area contributed by atoms with Crippen molar-refractivity contribution in [2.24, 2.45) is 0 Å². The first-order chi connectivity index (χ1) is 7.93. The van der Waals surface area contributed by atoms with Crippen LogP contribution in [-0.2, 0) is 6.42 Å². The van der Waals surface area contributed by atoms with Gasteiger partial charge in [0, 0.05) is 11.1 Å². The molecule has 0 aromatic heterocycles. The standard InChI is InChI=1S/C11H14Cl2N2O2/c1-14(2)7-3-4-8-9(12)5-6-10(11(8)13)15(16)17/h5-6H,3-4,7H2,1-2H3. The highest BCUT2D eigenvalue weighted by atomic mass is 35.5. The summed E-state index contributed by atoms with van der Waals surface area (Å²) in [6.45, 7) is 0.884. The van der Waals surface area contributed by atoms with Crippen molar-refractivity contribution in [1.29, 1.82) is 0 Å². The normalized spacial score (nSPS) is 10.9. The van der Waals surface area contributed by atoms with Gasteiger partial charge < -0.3 is 4.90 Å². The summed E-state index contributed by atoms with van der Waals surface area (Å²) in [4.78, 5) is 12.3. The van der Waals surface area contributed by atoms with Crippen molar-refractivity contribution in [1.82, 2.24) is 4.90 Å². The van der Waals surface area contributed by atoms with E-state index < -0.39 is 4.92 Å². The Kier molecular flexibility index (Phi) is 5.18. The SMILES string of the molecule is CN(C)CCCc1c(Cl)ccc([N+](=O)[O-])c1Cl. The van der Waals surface area contributed by atoms with Gasteiger partial charge in [0.05, 0.1) is 4.92 Å². The molecule has 1 aromatic carbocycles. The smallest absolute Gasteiger partial charge is 0.288 e. The van der Waals surface area contributed by atoms with Gasteiger partial charge in [-0.2, -0.15) is 0 Å². The van der Waals surface area contributed by atoms with Crippen LogP contribution in [0.3, 0.4) is 0 Å². The van der Waals surface area contributed by atoms with Crippen LogP contribution in [0.1, 0.15) is 12.0 Å².